The van der Waals surface area contributed by atoms with Gasteiger partial charge in [-0.25, -0.2) is 4.79 Å². The van der Waals surface area contributed by atoms with Gasteiger partial charge in [0.2, 0.25) is 11.8 Å². The molecule has 3 rings (SSSR count). The third kappa shape index (κ3) is 4.51. The SMILES string of the molecule is COc1ccc2c(C)c(CCC(=O)Nc3ccc(NC(C)=O)cc3)c(=O)oc2c1C. The summed E-state index contributed by atoms with van der Waals surface area (Å²) in [5, 5.41) is 6.29. The topological polar surface area (TPSA) is 97.6 Å². The summed E-state index contributed by atoms with van der Waals surface area (Å²) >= 11 is 0. The molecule has 0 fully saturated rings. The number of carbonyl (C=O) groups is 2. The van der Waals surface area contributed by atoms with Crippen LogP contribution in [0.5, 0.6) is 5.75 Å². The minimum atomic E-state index is -0.441. The maximum absolute atomic E-state index is 12.5. The highest BCUT2D eigenvalue weighted by Gasteiger charge is 2.16. The summed E-state index contributed by atoms with van der Waals surface area (Å²) in [5.74, 6) is 0.277. The van der Waals surface area contributed by atoms with Gasteiger partial charge < -0.3 is 19.8 Å². The van der Waals surface area contributed by atoms with Crippen LogP contribution in [0.1, 0.15) is 30.0 Å². The molecule has 0 saturated heterocycles. The van der Waals surface area contributed by atoms with Gasteiger partial charge in [0.25, 0.3) is 0 Å². The molecule has 30 heavy (non-hydrogen) atoms. The number of aryl methyl sites for hydroxylation is 2. The van der Waals surface area contributed by atoms with Crippen LogP contribution >= 0.6 is 0 Å². The molecule has 0 radical (unpaired) electrons. The largest absolute Gasteiger partial charge is 0.496 e. The van der Waals surface area contributed by atoms with E-state index in [2.05, 4.69) is 10.6 Å². The number of rotatable bonds is 6. The molecular formula is C23H24N2O5. The van der Waals surface area contributed by atoms with Crippen LogP contribution in [0.4, 0.5) is 11.4 Å². The molecule has 2 amide bonds. The second kappa shape index (κ2) is 8.82. The molecule has 7 nitrogen and oxygen atoms in total. The lowest BCUT2D eigenvalue weighted by atomic mass is 10.00. The molecule has 7 heteroatoms. The second-order valence-electron chi connectivity index (χ2n) is 7.07. The van der Waals surface area contributed by atoms with Crippen molar-refractivity contribution >= 4 is 34.2 Å². The van der Waals surface area contributed by atoms with Crippen molar-refractivity contribution in [3.8, 4) is 5.75 Å². The summed E-state index contributed by atoms with van der Waals surface area (Å²) in [6.45, 7) is 5.13. The Bertz CT molecular complexity index is 1160. The highest BCUT2D eigenvalue weighted by atomic mass is 16.5. The third-order valence-electron chi connectivity index (χ3n) is 4.97. The Kier molecular flexibility index (Phi) is 6.20. The molecule has 1 aromatic heterocycles. The highest BCUT2D eigenvalue weighted by Crippen LogP contribution is 2.29. The fourth-order valence-corrected chi connectivity index (χ4v) is 3.38. The standard InChI is InChI=1S/C23H24N2O5/c1-13-18-9-11-20(29-4)14(2)22(18)30-23(28)19(13)10-12-21(27)25-17-7-5-16(6-8-17)24-15(3)26/h5-9,11H,10,12H2,1-4H3,(H,24,26)(H,25,27). The van der Waals surface area contributed by atoms with Crippen molar-refractivity contribution < 1.29 is 18.7 Å². The van der Waals surface area contributed by atoms with E-state index < -0.39 is 5.63 Å². The lowest BCUT2D eigenvalue weighted by Gasteiger charge is -2.12. The summed E-state index contributed by atoms with van der Waals surface area (Å²) in [4.78, 5) is 35.9. The van der Waals surface area contributed by atoms with E-state index in [-0.39, 0.29) is 24.7 Å². The van der Waals surface area contributed by atoms with Crippen LogP contribution in [0, 0.1) is 13.8 Å². The van der Waals surface area contributed by atoms with Gasteiger partial charge in [-0.1, -0.05) is 0 Å². The van der Waals surface area contributed by atoms with Gasteiger partial charge in [0.15, 0.2) is 0 Å². The van der Waals surface area contributed by atoms with E-state index in [0.29, 0.717) is 28.3 Å². The van der Waals surface area contributed by atoms with Gasteiger partial charge >= 0.3 is 5.63 Å². The van der Waals surface area contributed by atoms with Crippen LogP contribution in [0.2, 0.25) is 0 Å². The van der Waals surface area contributed by atoms with E-state index >= 15 is 0 Å². The maximum atomic E-state index is 12.5. The van der Waals surface area contributed by atoms with E-state index in [4.69, 9.17) is 9.15 Å². The molecule has 0 atom stereocenters. The molecule has 0 spiro atoms. The Labute approximate surface area is 174 Å². The molecule has 0 aliphatic carbocycles. The Morgan fingerprint density at radius 1 is 0.967 bits per heavy atom. The summed E-state index contributed by atoms with van der Waals surface area (Å²) < 4.78 is 10.8. The normalized spacial score (nSPS) is 10.7. The molecule has 0 aliphatic rings. The van der Waals surface area contributed by atoms with Crippen LogP contribution in [-0.4, -0.2) is 18.9 Å². The van der Waals surface area contributed by atoms with Crippen molar-refractivity contribution in [2.24, 2.45) is 0 Å². The maximum Gasteiger partial charge on any atom is 0.339 e. The van der Waals surface area contributed by atoms with E-state index in [1.807, 2.05) is 26.0 Å². The number of carbonyl (C=O) groups excluding carboxylic acids is 2. The van der Waals surface area contributed by atoms with Gasteiger partial charge in [-0.15, -0.1) is 0 Å². The first-order valence-corrected chi connectivity index (χ1v) is 9.57. The summed E-state index contributed by atoms with van der Waals surface area (Å²) in [7, 11) is 1.57. The van der Waals surface area contributed by atoms with Gasteiger partial charge in [-0.2, -0.15) is 0 Å². The predicted molar refractivity (Wildman–Crippen MR) is 116 cm³/mol. The van der Waals surface area contributed by atoms with Crippen molar-refractivity contribution in [3.05, 3.63) is 63.5 Å². The molecule has 0 aliphatic heterocycles. The number of amides is 2. The first-order valence-electron chi connectivity index (χ1n) is 9.57. The first kappa shape index (κ1) is 21.1. The van der Waals surface area contributed by atoms with E-state index in [0.717, 1.165) is 16.5 Å². The number of benzene rings is 2. The minimum Gasteiger partial charge on any atom is -0.496 e. The lowest BCUT2D eigenvalue weighted by Crippen LogP contribution is -2.17. The van der Waals surface area contributed by atoms with Crippen molar-refractivity contribution in [1.82, 2.24) is 0 Å². The molecule has 3 aromatic rings. The zero-order valence-electron chi connectivity index (χ0n) is 17.4. The Balaban J connectivity index is 1.73. The second-order valence-corrected chi connectivity index (χ2v) is 7.07. The molecule has 0 saturated carbocycles. The minimum absolute atomic E-state index is 0.139. The lowest BCUT2D eigenvalue weighted by molar-refractivity contribution is -0.116. The molecule has 2 aromatic carbocycles. The molecule has 0 bridgehead atoms. The van der Waals surface area contributed by atoms with Crippen LogP contribution in [0.25, 0.3) is 11.0 Å². The monoisotopic (exact) mass is 408 g/mol. The molecule has 1 heterocycles. The van der Waals surface area contributed by atoms with E-state index in [9.17, 15) is 14.4 Å². The fourth-order valence-electron chi connectivity index (χ4n) is 3.38. The van der Waals surface area contributed by atoms with Gasteiger partial charge in [0, 0.05) is 41.2 Å². The fraction of sp³-hybridized carbons (Fsp3) is 0.261. The molecule has 0 unspecified atom stereocenters. The quantitative estimate of drug-likeness (QED) is 0.602. The zero-order valence-corrected chi connectivity index (χ0v) is 17.4. The van der Waals surface area contributed by atoms with Crippen molar-refractivity contribution in [2.75, 3.05) is 17.7 Å². The summed E-state index contributed by atoms with van der Waals surface area (Å²) in [6, 6.07) is 10.5. The smallest absolute Gasteiger partial charge is 0.339 e. The van der Waals surface area contributed by atoms with Gasteiger partial charge in [0.1, 0.15) is 11.3 Å². The Morgan fingerprint density at radius 2 is 1.60 bits per heavy atom. The van der Waals surface area contributed by atoms with Gasteiger partial charge in [0.05, 0.1) is 7.11 Å². The number of nitrogens with one attached hydrogen (secondary N) is 2. The van der Waals surface area contributed by atoms with Gasteiger partial charge in [-0.3, -0.25) is 9.59 Å². The average Bonchev–Trinajstić information content (AvgIpc) is 2.70. The number of anilines is 2. The van der Waals surface area contributed by atoms with Crippen LogP contribution in [0.15, 0.2) is 45.6 Å². The van der Waals surface area contributed by atoms with Gasteiger partial charge in [-0.05, 0) is 62.2 Å². The molecule has 2 N–H and O–H groups in total. The number of methoxy groups -OCH3 is 1. The van der Waals surface area contributed by atoms with Crippen molar-refractivity contribution in [3.63, 3.8) is 0 Å². The number of hydrogen-bond donors (Lipinski definition) is 2. The van der Waals surface area contributed by atoms with Crippen LogP contribution in [0.3, 0.4) is 0 Å². The number of ether oxygens (including phenoxy) is 1. The van der Waals surface area contributed by atoms with Crippen molar-refractivity contribution in [2.45, 2.75) is 33.6 Å². The van der Waals surface area contributed by atoms with Crippen LogP contribution in [-0.2, 0) is 16.0 Å². The first-order chi connectivity index (χ1) is 14.3. The number of hydrogen-bond acceptors (Lipinski definition) is 5. The Hall–Kier alpha value is -3.61. The van der Waals surface area contributed by atoms with Crippen LogP contribution < -0.4 is 21.0 Å². The third-order valence-corrected chi connectivity index (χ3v) is 4.97. The Morgan fingerprint density at radius 3 is 2.20 bits per heavy atom. The average molecular weight is 408 g/mol. The summed E-state index contributed by atoms with van der Waals surface area (Å²) in [6.07, 6.45) is 0.407. The zero-order chi connectivity index (χ0) is 21.8. The number of fused-ring (bicyclic) bond motifs is 1. The molecule has 156 valence electrons. The van der Waals surface area contributed by atoms with E-state index in [1.165, 1.54) is 6.92 Å². The predicted octanol–water partition coefficient (Wildman–Crippen LogP) is 3.95. The van der Waals surface area contributed by atoms with E-state index in [1.54, 1.807) is 31.4 Å². The molecular weight excluding hydrogens is 384 g/mol. The highest BCUT2D eigenvalue weighted by molar-refractivity contribution is 5.92. The summed E-state index contributed by atoms with van der Waals surface area (Å²) in [5.41, 5.74) is 3.38. The van der Waals surface area contributed by atoms with Crippen molar-refractivity contribution in [1.29, 1.82) is 0 Å².